The summed E-state index contributed by atoms with van der Waals surface area (Å²) in [5.41, 5.74) is 2.64. The number of ether oxygens (including phenoxy) is 1. The molecule has 0 bridgehead atoms. The number of carbonyl (C=O) groups is 1. The van der Waals surface area contributed by atoms with Crippen molar-refractivity contribution < 1.29 is 9.53 Å². The molecule has 134 valence electrons. The topological polar surface area (TPSA) is 42.4 Å². The minimum absolute atomic E-state index is 0.000430. The van der Waals surface area contributed by atoms with Gasteiger partial charge in [0.2, 0.25) is 5.91 Å². The van der Waals surface area contributed by atoms with Crippen molar-refractivity contribution in [2.45, 2.75) is 45.4 Å². The molecule has 1 aliphatic heterocycles. The molecule has 0 saturated heterocycles. The maximum atomic E-state index is 13.0. The molecule has 1 amide bonds. The van der Waals surface area contributed by atoms with Crippen molar-refractivity contribution in [1.82, 2.24) is 4.98 Å². The fourth-order valence-corrected chi connectivity index (χ4v) is 4.20. The Morgan fingerprint density at radius 2 is 2.16 bits per heavy atom. The van der Waals surface area contributed by atoms with Gasteiger partial charge in [0, 0.05) is 22.4 Å². The van der Waals surface area contributed by atoms with E-state index in [-0.39, 0.29) is 11.3 Å². The standard InChI is InChI=1S/C19H23ClN2O2S/c1-19(2,3)18-21-12(11-25-18)10-16(23)22-9-5-6-13-14(20)7-8-15(24-4)17(13)22/h7-8,11H,5-6,9-10H2,1-4H3. The molecule has 0 unspecified atom stereocenters. The number of carbonyl (C=O) groups excluding carboxylic acids is 1. The Balaban J connectivity index is 1.87. The predicted molar refractivity (Wildman–Crippen MR) is 103 cm³/mol. The van der Waals surface area contributed by atoms with E-state index in [2.05, 4.69) is 25.8 Å². The average molecular weight is 379 g/mol. The summed E-state index contributed by atoms with van der Waals surface area (Å²) < 4.78 is 5.48. The van der Waals surface area contributed by atoms with Gasteiger partial charge in [0.1, 0.15) is 5.75 Å². The lowest BCUT2D eigenvalue weighted by Gasteiger charge is -2.31. The van der Waals surface area contributed by atoms with Crippen LogP contribution in [-0.4, -0.2) is 24.5 Å². The summed E-state index contributed by atoms with van der Waals surface area (Å²) in [4.78, 5) is 19.4. The number of aromatic nitrogens is 1. The van der Waals surface area contributed by atoms with Gasteiger partial charge in [-0.05, 0) is 30.5 Å². The molecule has 0 radical (unpaired) electrons. The highest BCUT2D eigenvalue weighted by molar-refractivity contribution is 7.09. The van der Waals surface area contributed by atoms with Crippen molar-refractivity contribution in [2.75, 3.05) is 18.6 Å². The third kappa shape index (κ3) is 3.67. The number of halogens is 1. The Labute approximate surface area is 157 Å². The lowest BCUT2D eigenvalue weighted by atomic mass is 9.98. The highest BCUT2D eigenvalue weighted by atomic mass is 35.5. The van der Waals surface area contributed by atoms with Gasteiger partial charge >= 0.3 is 0 Å². The molecule has 25 heavy (non-hydrogen) atoms. The van der Waals surface area contributed by atoms with Gasteiger partial charge in [-0.25, -0.2) is 4.98 Å². The van der Waals surface area contributed by atoms with E-state index >= 15 is 0 Å². The number of nitrogens with zero attached hydrogens (tertiary/aromatic N) is 2. The molecule has 1 aromatic carbocycles. The Kier molecular flexibility index (Phi) is 5.07. The maximum absolute atomic E-state index is 13.0. The van der Waals surface area contributed by atoms with E-state index in [1.807, 2.05) is 17.5 Å². The SMILES string of the molecule is COc1ccc(Cl)c2c1N(C(=O)Cc1csc(C(C)(C)C)n1)CCC2. The van der Waals surface area contributed by atoms with Crippen molar-refractivity contribution in [3.05, 3.63) is 38.8 Å². The van der Waals surface area contributed by atoms with Crippen LogP contribution in [0.5, 0.6) is 5.75 Å². The van der Waals surface area contributed by atoms with E-state index < -0.39 is 0 Å². The van der Waals surface area contributed by atoms with Crippen LogP contribution in [-0.2, 0) is 23.1 Å². The molecule has 0 fully saturated rings. The minimum Gasteiger partial charge on any atom is -0.495 e. The van der Waals surface area contributed by atoms with E-state index in [4.69, 9.17) is 16.3 Å². The number of benzene rings is 1. The molecular weight excluding hydrogens is 356 g/mol. The second kappa shape index (κ2) is 6.96. The number of hydrogen-bond acceptors (Lipinski definition) is 4. The summed E-state index contributed by atoms with van der Waals surface area (Å²) in [6.45, 7) is 7.07. The summed E-state index contributed by atoms with van der Waals surface area (Å²) in [5, 5.41) is 3.73. The van der Waals surface area contributed by atoms with Crippen molar-refractivity contribution in [2.24, 2.45) is 0 Å². The van der Waals surface area contributed by atoms with E-state index in [0.717, 1.165) is 34.8 Å². The zero-order valence-electron chi connectivity index (χ0n) is 15.1. The number of amides is 1. The number of fused-ring (bicyclic) bond motifs is 1. The third-order valence-electron chi connectivity index (χ3n) is 4.31. The molecule has 0 N–H and O–H groups in total. The molecule has 2 aromatic rings. The predicted octanol–water partition coefficient (Wildman–Crippen LogP) is 4.62. The molecule has 3 rings (SSSR count). The molecule has 6 heteroatoms. The Bertz CT molecular complexity index is 795. The van der Waals surface area contributed by atoms with Crippen LogP contribution in [0.2, 0.25) is 5.02 Å². The van der Waals surface area contributed by atoms with Gasteiger partial charge in [0.05, 0.1) is 29.9 Å². The lowest BCUT2D eigenvalue weighted by molar-refractivity contribution is -0.118. The molecule has 0 aliphatic carbocycles. The first kappa shape index (κ1) is 18.2. The van der Waals surface area contributed by atoms with Gasteiger partial charge in [-0.2, -0.15) is 0 Å². The van der Waals surface area contributed by atoms with Crippen molar-refractivity contribution in [1.29, 1.82) is 0 Å². The molecule has 0 atom stereocenters. The number of rotatable bonds is 3. The van der Waals surface area contributed by atoms with Crippen LogP contribution in [0.1, 0.15) is 43.5 Å². The van der Waals surface area contributed by atoms with Crippen LogP contribution in [0.15, 0.2) is 17.5 Å². The van der Waals surface area contributed by atoms with Gasteiger partial charge < -0.3 is 9.64 Å². The van der Waals surface area contributed by atoms with Gasteiger partial charge in [0.15, 0.2) is 0 Å². The molecule has 4 nitrogen and oxygen atoms in total. The number of methoxy groups -OCH3 is 1. The van der Waals surface area contributed by atoms with Crippen LogP contribution < -0.4 is 9.64 Å². The second-order valence-electron chi connectivity index (χ2n) is 7.30. The summed E-state index contributed by atoms with van der Waals surface area (Å²) in [6, 6.07) is 3.66. The van der Waals surface area contributed by atoms with Crippen molar-refractivity contribution in [3.63, 3.8) is 0 Å². The quantitative estimate of drug-likeness (QED) is 0.782. The molecule has 0 spiro atoms. The van der Waals surface area contributed by atoms with Crippen LogP contribution in [0, 0.1) is 0 Å². The van der Waals surface area contributed by atoms with E-state index in [1.54, 1.807) is 23.3 Å². The van der Waals surface area contributed by atoms with Crippen LogP contribution >= 0.6 is 22.9 Å². The molecule has 1 aromatic heterocycles. The Hall–Kier alpha value is -1.59. The largest absolute Gasteiger partial charge is 0.495 e. The third-order valence-corrected chi connectivity index (χ3v) is 5.98. The highest BCUT2D eigenvalue weighted by Crippen LogP contribution is 2.40. The number of thiazole rings is 1. The van der Waals surface area contributed by atoms with E-state index in [1.165, 1.54) is 0 Å². The monoisotopic (exact) mass is 378 g/mol. The number of anilines is 1. The first-order valence-electron chi connectivity index (χ1n) is 8.42. The lowest BCUT2D eigenvalue weighted by Crippen LogP contribution is -2.37. The first-order chi connectivity index (χ1) is 11.8. The fraction of sp³-hybridized carbons (Fsp3) is 0.474. The van der Waals surface area contributed by atoms with Crippen molar-refractivity contribution in [3.8, 4) is 5.75 Å². The van der Waals surface area contributed by atoms with Gasteiger partial charge in [-0.15, -0.1) is 11.3 Å². The van der Waals surface area contributed by atoms with Crippen LogP contribution in [0.3, 0.4) is 0 Å². The summed E-state index contributed by atoms with van der Waals surface area (Å²) >= 11 is 7.96. The van der Waals surface area contributed by atoms with Crippen molar-refractivity contribution >= 4 is 34.5 Å². The highest BCUT2D eigenvalue weighted by Gasteiger charge is 2.28. The summed E-state index contributed by atoms with van der Waals surface area (Å²) in [7, 11) is 1.62. The smallest absolute Gasteiger partial charge is 0.233 e. The van der Waals surface area contributed by atoms with Gasteiger partial charge in [0.25, 0.3) is 0 Å². The second-order valence-corrected chi connectivity index (χ2v) is 8.56. The fourth-order valence-electron chi connectivity index (χ4n) is 3.05. The molecule has 2 heterocycles. The van der Waals surface area contributed by atoms with E-state index in [0.29, 0.717) is 23.7 Å². The molecule has 1 aliphatic rings. The zero-order valence-corrected chi connectivity index (χ0v) is 16.6. The molecule has 0 saturated carbocycles. The summed E-state index contributed by atoms with van der Waals surface area (Å²) in [6.07, 6.45) is 2.05. The van der Waals surface area contributed by atoms with Gasteiger partial charge in [-0.1, -0.05) is 32.4 Å². The van der Waals surface area contributed by atoms with E-state index in [9.17, 15) is 4.79 Å². The minimum atomic E-state index is 0.000430. The first-order valence-corrected chi connectivity index (χ1v) is 9.67. The normalized spacial score (nSPS) is 14.4. The van der Waals surface area contributed by atoms with Crippen LogP contribution in [0.4, 0.5) is 5.69 Å². The Morgan fingerprint density at radius 3 is 2.80 bits per heavy atom. The van der Waals surface area contributed by atoms with Gasteiger partial charge in [-0.3, -0.25) is 4.79 Å². The number of hydrogen-bond donors (Lipinski definition) is 0. The maximum Gasteiger partial charge on any atom is 0.233 e. The Morgan fingerprint density at radius 1 is 1.40 bits per heavy atom. The zero-order chi connectivity index (χ0) is 18.2. The van der Waals surface area contributed by atoms with Crippen LogP contribution in [0.25, 0.3) is 0 Å². The summed E-state index contributed by atoms with van der Waals surface area (Å²) in [5.74, 6) is 0.730. The molecular formula is C19H23ClN2O2S. The average Bonchev–Trinajstić information content (AvgIpc) is 3.04.